The zero-order valence-corrected chi connectivity index (χ0v) is 28.3. The van der Waals surface area contributed by atoms with E-state index in [-0.39, 0.29) is 12.4 Å². The van der Waals surface area contributed by atoms with Crippen molar-refractivity contribution < 1.29 is 34.2 Å². The molecule has 1 atom stereocenters. The first kappa shape index (κ1) is 34.6. The second-order valence-electron chi connectivity index (χ2n) is 9.36. The van der Waals surface area contributed by atoms with Crippen LogP contribution in [0, 0.1) is 0 Å². The third-order valence-corrected chi connectivity index (χ3v) is 11.2. The first-order valence-corrected chi connectivity index (χ1v) is 18.5. The number of nitrogens with zero attached hydrogens (tertiary/aromatic N) is 1. The fourth-order valence-corrected chi connectivity index (χ4v) is 9.26. The van der Waals surface area contributed by atoms with Gasteiger partial charge in [-0.3, -0.25) is 4.67 Å². The molecule has 1 fully saturated rings. The van der Waals surface area contributed by atoms with E-state index >= 15 is 0 Å². The number of rotatable bonds is 8. The van der Waals surface area contributed by atoms with Crippen molar-refractivity contribution in [3.63, 3.8) is 0 Å². The van der Waals surface area contributed by atoms with E-state index in [1.54, 1.807) is 0 Å². The standard InChI is InChI=1S/C29H29NOP2.C6H6.2ClH.Ru/c1-5-15-26(16-6-1)32(27-17-7-2-8-18-27)30-23-13-14-25(30)24-31-33(28-19-9-3-10-20-28)29-21-11-4-12-22-29;1-2-4-6-5-3-1;;;/h1-12,15-22,25H,13-14,23-24H2;1-6H;2*1H;/q;;;;+2/p-2/t25-;;;;/m0..../s1. The molecule has 0 amide bonds. The monoisotopic (exact) mass is 719 g/mol. The third-order valence-electron chi connectivity index (χ3n) is 6.65. The summed E-state index contributed by atoms with van der Waals surface area (Å²) < 4.78 is 9.51. The van der Waals surface area contributed by atoms with Crippen LogP contribution in [0.25, 0.3) is 0 Å². The Hall–Kier alpha value is -1.92. The van der Waals surface area contributed by atoms with Gasteiger partial charge in [0.2, 0.25) is 0 Å². The van der Waals surface area contributed by atoms with Gasteiger partial charge in [0.1, 0.15) is 0 Å². The van der Waals surface area contributed by atoms with Crippen LogP contribution in [0.3, 0.4) is 0 Å². The van der Waals surface area contributed by atoms with Gasteiger partial charge in [-0.05, 0) is 23.5 Å². The van der Waals surface area contributed by atoms with Gasteiger partial charge in [-0.15, -0.1) is 0 Å². The van der Waals surface area contributed by atoms with Crippen molar-refractivity contribution in [2.24, 2.45) is 0 Å². The summed E-state index contributed by atoms with van der Waals surface area (Å²) in [6.45, 7) is 1.88. The first-order chi connectivity index (χ1) is 20.4. The second kappa shape index (κ2) is 20.1. The summed E-state index contributed by atoms with van der Waals surface area (Å²) in [6.07, 6.45) is 2.41. The van der Waals surface area contributed by atoms with E-state index in [0.717, 1.165) is 13.2 Å². The molecule has 0 aromatic heterocycles. The van der Waals surface area contributed by atoms with Gasteiger partial charge < -0.3 is 16.9 Å². The van der Waals surface area contributed by atoms with Gasteiger partial charge in [-0.2, -0.15) is 0 Å². The predicted octanol–water partition coefficient (Wildman–Crippen LogP) is 4.94. The largest absolute Gasteiger partial charge is 0.348 e. The van der Waals surface area contributed by atoms with Crippen LogP contribution in [0.15, 0.2) is 158 Å². The number of hydrogen-bond donors (Lipinski definition) is 0. The van der Waals surface area contributed by atoms with E-state index in [4.69, 9.17) is 4.52 Å². The van der Waals surface area contributed by atoms with Crippen molar-refractivity contribution in [2.45, 2.75) is 18.9 Å². The summed E-state index contributed by atoms with van der Waals surface area (Å²) in [5, 5.41) is 5.38. The maximum absolute atomic E-state index is 6.78. The number of hydrogen-bond acceptors (Lipinski definition) is 2. The molecule has 0 spiro atoms. The van der Waals surface area contributed by atoms with Crippen LogP contribution in [-0.2, 0) is 21.8 Å². The van der Waals surface area contributed by atoms with Gasteiger partial charge in [-0.1, -0.05) is 158 Å². The summed E-state index contributed by atoms with van der Waals surface area (Å²) in [7, 11) is 3.17. The Balaban J connectivity index is 0.000000473. The summed E-state index contributed by atoms with van der Waals surface area (Å²) in [4.78, 5) is 0. The minimum Gasteiger partial charge on any atom is -0.348 e. The van der Waals surface area contributed by atoms with E-state index in [1.807, 2.05) is 53.7 Å². The molecule has 0 radical (unpaired) electrons. The summed E-state index contributed by atoms with van der Waals surface area (Å²) in [5.74, 6) is 0. The van der Waals surface area contributed by atoms with Gasteiger partial charge in [0.05, 0.1) is 14.8 Å². The van der Waals surface area contributed by atoms with Crippen molar-refractivity contribution >= 4 is 47.1 Å². The zero-order valence-electron chi connectivity index (χ0n) is 23.3. The van der Waals surface area contributed by atoms with E-state index in [1.165, 1.54) is 34.1 Å². The molecule has 6 rings (SSSR count). The Morgan fingerprint density at radius 1 is 0.571 bits per heavy atom. The topological polar surface area (TPSA) is 12.5 Å². The SMILES string of the molecule is [Cl-].[Cl][Ru+].c1ccc(P(OC[C@@H]2CCCN2P(c2ccccc2)c2ccccc2)c2ccccc2)cc1.c1ccccc1. The Bertz CT molecular complexity index is 1250. The molecule has 0 aliphatic carbocycles. The molecule has 5 aromatic carbocycles. The molecule has 5 aromatic rings. The molecule has 42 heavy (non-hydrogen) atoms. The summed E-state index contributed by atoms with van der Waals surface area (Å²) >= 11 is 1.82. The molecule has 0 N–H and O–H groups in total. The van der Waals surface area contributed by atoms with Crippen molar-refractivity contribution in [3.8, 4) is 0 Å². The van der Waals surface area contributed by atoms with Gasteiger partial charge in [-0.25, -0.2) is 0 Å². The molecular weight excluding hydrogens is 684 g/mol. The molecule has 2 nitrogen and oxygen atoms in total. The first-order valence-electron chi connectivity index (χ1n) is 13.7. The zero-order chi connectivity index (χ0) is 28.5. The van der Waals surface area contributed by atoms with Gasteiger partial charge in [0.25, 0.3) is 0 Å². The Morgan fingerprint density at radius 3 is 1.29 bits per heavy atom. The molecule has 218 valence electrons. The maximum Gasteiger partial charge on any atom is 0.0918 e. The molecule has 1 aliphatic heterocycles. The van der Waals surface area contributed by atoms with Gasteiger partial charge in [0.15, 0.2) is 0 Å². The minimum absolute atomic E-state index is 0. The van der Waals surface area contributed by atoms with Crippen molar-refractivity contribution in [2.75, 3.05) is 13.2 Å². The molecule has 0 bridgehead atoms. The van der Waals surface area contributed by atoms with Crippen LogP contribution in [0.4, 0.5) is 0 Å². The molecule has 1 aliphatic rings. The number of benzene rings is 5. The smallest absolute Gasteiger partial charge is 0.0918 e. The average Bonchev–Trinajstić information content (AvgIpc) is 3.53. The average molecular weight is 720 g/mol. The van der Waals surface area contributed by atoms with Gasteiger partial charge >= 0.3 is 27.0 Å². The third kappa shape index (κ3) is 10.4. The Kier molecular flexibility index (Phi) is 16.6. The van der Waals surface area contributed by atoms with Crippen molar-refractivity contribution in [3.05, 3.63) is 158 Å². The summed E-state index contributed by atoms with van der Waals surface area (Å²) in [6, 6.07) is 55.9. The van der Waals surface area contributed by atoms with Crippen LogP contribution in [0.2, 0.25) is 0 Å². The fraction of sp³-hybridized carbons (Fsp3) is 0.143. The fourth-order valence-electron chi connectivity index (χ4n) is 4.81. The number of halogens is 2. The molecule has 1 heterocycles. The van der Waals surface area contributed by atoms with Crippen LogP contribution in [-0.4, -0.2) is 23.9 Å². The minimum atomic E-state index is -0.833. The van der Waals surface area contributed by atoms with Crippen LogP contribution in [0.5, 0.6) is 0 Å². The molecule has 7 heteroatoms. The normalized spacial score (nSPS) is 14.2. The Morgan fingerprint density at radius 2 is 0.905 bits per heavy atom. The maximum atomic E-state index is 6.78. The Labute approximate surface area is 274 Å². The van der Waals surface area contributed by atoms with Gasteiger partial charge in [0, 0.05) is 31.3 Å². The molecule has 1 saturated heterocycles. The van der Waals surface area contributed by atoms with E-state index < -0.39 is 16.2 Å². The van der Waals surface area contributed by atoms with Crippen molar-refractivity contribution in [1.82, 2.24) is 4.67 Å². The predicted molar refractivity (Wildman–Crippen MR) is 176 cm³/mol. The van der Waals surface area contributed by atoms with E-state index in [2.05, 4.69) is 136 Å². The van der Waals surface area contributed by atoms with Crippen LogP contribution in [0.1, 0.15) is 12.8 Å². The van der Waals surface area contributed by atoms with Crippen LogP contribution < -0.4 is 33.6 Å². The van der Waals surface area contributed by atoms with E-state index in [9.17, 15) is 0 Å². The molecule has 0 unspecified atom stereocenters. The second-order valence-corrected chi connectivity index (χ2v) is 13.4. The quantitative estimate of drug-likeness (QED) is 0.167. The molecular formula is C35H35Cl2NOP2Ru. The summed E-state index contributed by atoms with van der Waals surface area (Å²) in [5.41, 5.74) is 0. The van der Waals surface area contributed by atoms with Crippen molar-refractivity contribution in [1.29, 1.82) is 0 Å². The van der Waals surface area contributed by atoms with E-state index in [0.29, 0.717) is 6.04 Å². The molecule has 0 saturated carbocycles. The van der Waals surface area contributed by atoms with Crippen LogP contribution >= 0.6 is 25.9 Å².